The highest BCUT2D eigenvalue weighted by Gasteiger charge is 2.23. The molecule has 0 bridgehead atoms. The fraction of sp³-hybridized carbons (Fsp3) is 0.167. The van der Waals surface area contributed by atoms with Gasteiger partial charge in [0, 0.05) is 50.6 Å². The summed E-state index contributed by atoms with van der Waals surface area (Å²) in [7, 11) is 2.20. The molecule has 6 aromatic rings. The lowest BCUT2D eigenvalue weighted by molar-refractivity contribution is 1.02. The smallest absolute Gasteiger partial charge is 0.0627 e. The van der Waals surface area contributed by atoms with Crippen molar-refractivity contribution in [3.05, 3.63) is 175 Å². The van der Waals surface area contributed by atoms with Gasteiger partial charge in [0.2, 0.25) is 0 Å². The number of para-hydroxylation sites is 2. The summed E-state index contributed by atoms with van der Waals surface area (Å²) in [5.41, 5.74) is 10.5. The summed E-state index contributed by atoms with van der Waals surface area (Å²) in [6, 6.07) is 26.6. The third kappa shape index (κ3) is 6.42. The van der Waals surface area contributed by atoms with Crippen molar-refractivity contribution in [1.29, 1.82) is 0 Å². The Hall–Kier alpha value is -5.60. The molecule has 0 aliphatic rings. The molecule has 50 heavy (non-hydrogen) atoms. The molecule has 0 atom stereocenters. The summed E-state index contributed by atoms with van der Waals surface area (Å²) < 4.78 is 4.85. The van der Waals surface area contributed by atoms with Crippen molar-refractivity contribution >= 4 is 60.1 Å². The molecule has 2 nitrogen and oxygen atoms in total. The standard InChI is InChI=1S/C48H48N2/c1-8-11-13-14-16-24-34(4)35(5)32-38(33-36(6)37(23-10-3)25-15-12-9-2)50-44-31-22-20-29-42(44)46-45-41-28-19-21-30-43(41)49(7)47(45)39-26-17-18-27-40(39)48(46)50/h9,11-33H,6,8,10H2,1-5,7H3/b12-9-,13-11+,16-14-,25-15-,34-24+,35-32+,37-23-,38-33+. The molecule has 0 amide bonds. The van der Waals surface area contributed by atoms with Crippen LogP contribution in [0, 0.1) is 0 Å². The fourth-order valence-corrected chi connectivity index (χ4v) is 7.05. The van der Waals surface area contributed by atoms with E-state index in [1.54, 1.807) is 0 Å². The highest BCUT2D eigenvalue weighted by Crippen LogP contribution is 2.46. The maximum atomic E-state index is 4.65. The zero-order valence-corrected chi connectivity index (χ0v) is 30.4. The van der Waals surface area contributed by atoms with E-state index >= 15 is 0 Å². The first-order valence-electron chi connectivity index (χ1n) is 17.8. The van der Waals surface area contributed by atoms with Crippen molar-refractivity contribution in [3.63, 3.8) is 0 Å². The summed E-state index contributed by atoms with van der Waals surface area (Å²) in [6.07, 6.45) is 27.9. The molecule has 0 aliphatic carbocycles. The number of hydrogen-bond acceptors (Lipinski definition) is 0. The average molecular weight is 653 g/mol. The SMILES string of the molecule is C=C(\C=C(/C=C(C)/C(C)=C/C=C\C=C\CC)n1c2ccccc2c2c3c4ccccc4n(C)c3c3ccccc3c21)C(/C=C\C=C/C)=C\CC. The van der Waals surface area contributed by atoms with Gasteiger partial charge >= 0.3 is 0 Å². The molecule has 4 aromatic carbocycles. The summed E-state index contributed by atoms with van der Waals surface area (Å²) in [5, 5.41) is 7.58. The van der Waals surface area contributed by atoms with Crippen LogP contribution >= 0.6 is 0 Å². The molecule has 0 aliphatic heterocycles. The van der Waals surface area contributed by atoms with Gasteiger partial charge in [0.05, 0.1) is 16.6 Å². The van der Waals surface area contributed by atoms with Gasteiger partial charge < -0.3 is 9.13 Å². The van der Waals surface area contributed by atoms with E-state index in [1.807, 2.05) is 6.92 Å². The predicted octanol–water partition coefficient (Wildman–Crippen LogP) is 13.9. The van der Waals surface area contributed by atoms with Crippen molar-refractivity contribution in [1.82, 2.24) is 9.13 Å². The first-order chi connectivity index (χ1) is 24.4. The third-order valence-electron chi connectivity index (χ3n) is 9.55. The van der Waals surface area contributed by atoms with Crippen LogP contribution in [0.5, 0.6) is 0 Å². The summed E-state index contributed by atoms with van der Waals surface area (Å²) in [4.78, 5) is 0. The topological polar surface area (TPSA) is 9.86 Å². The zero-order valence-electron chi connectivity index (χ0n) is 30.4. The van der Waals surface area contributed by atoms with Gasteiger partial charge in [-0.15, -0.1) is 0 Å². The number of rotatable bonds is 11. The number of hydrogen-bond donors (Lipinski definition) is 0. The Morgan fingerprint density at radius 2 is 1.28 bits per heavy atom. The van der Waals surface area contributed by atoms with E-state index in [0.717, 1.165) is 29.7 Å². The van der Waals surface area contributed by atoms with Gasteiger partial charge in [-0.1, -0.05) is 142 Å². The Labute approximate surface area is 297 Å². The van der Waals surface area contributed by atoms with E-state index in [-0.39, 0.29) is 0 Å². The largest absolute Gasteiger partial charge is 0.343 e. The van der Waals surface area contributed by atoms with Crippen LogP contribution in [0.4, 0.5) is 0 Å². The molecule has 2 aromatic heterocycles. The summed E-state index contributed by atoms with van der Waals surface area (Å²) in [6.45, 7) is 15.4. The van der Waals surface area contributed by atoms with Gasteiger partial charge in [0.25, 0.3) is 0 Å². The zero-order chi connectivity index (χ0) is 35.2. The second-order valence-corrected chi connectivity index (χ2v) is 12.9. The van der Waals surface area contributed by atoms with Crippen LogP contribution in [-0.2, 0) is 7.05 Å². The lowest BCUT2D eigenvalue weighted by Crippen LogP contribution is -1.99. The highest BCUT2D eigenvalue weighted by molar-refractivity contribution is 6.37. The lowest BCUT2D eigenvalue weighted by atomic mass is 9.99. The van der Waals surface area contributed by atoms with Gasteiger partial charge in [-0.3, -0.25) is 0 Å². The molecule has 6 rings (SSSR count). The molecular formula is C48H48N2. The van der Waals surface area contributed by atoms with Crippen LogP contribution in [-0.4, -0.2) is 9.13 Å². The number of aromatic nitrogens is 2. The number of benzene rings is 4. The van der Waals surface area contributed by atoms with Crippen molar-refractivity contribution in [2.75, 3.05) is 0 Å². The Morgan fingerprint density at radius 1 is 0.660 bits per heavy atom. The first kappa shape index (κ1) is 34.3. The maximum Gasteiger partial charge on any atom is 0.0627 e. The van der Waals surface area contributed by atoms with E-state index in [9.17, 15) is 0 Å². The van der Waals surface area contributed by atoms with Crippen LogP contribution < -0.4 is 0 Å². The summed E-state index contributed by atoms with van der Waals surface area (Å²) >= 11 is 0. The minimum Gasteiger partial charge on any atom is -0.343 e. The molecule has 0 saturated heterocycles. The number of fused-ring (bicyclic) bond motifs is 10. The van der Waals surface area contributed by atoms with E-state index in [1.165, 1.54) is 65.5 Å². The number of aryl methyl sites for hydroxylation is 1. The molecule has 0 radical (unpaired) electrons. The summed E-state index contributed by atoms with van der Waals surface area (Å²) in [5.74, 6) is 0. The van der Waals surface area contributed by atoms with Crippen LogP contribution in [0.2, 0.25) is 0 Å². The Kier molecular flexibility index (Phi) is 10.5. The normalized spacial score (nSPS) is 14.2. The average Bonchev–Trinajstić information content (AvgIpc) is 3.63. The van der Waals surface area contributed by atoms with Gasteiger partial charge in [-0.25, -0.2) is 0 Å². The van der Waals surface area contributed by atoms with Gasteiger partial charge in [0.15, 0.2) is 0 Å². The van der Waals surface area contributed by atoms with E-state index in [2.05, 4.69) is 196 Å². The van der Waals surface area contributed by atoms with Crippen LogP contribution in [0.1, 0.15) is 47.5 Å². The maximum absolute atomic E-state index is 4.65. The minimum atomic E-state index is 0.923. The number of nitrogens with zero attached hydrogens (tertiary/aromatic N) is 2. The molecule has 0 N–H and O–H groups in total. The van der Waals surface area contributed by atoms with Gasteiger partial charge in [-0.05, 0) is 80.2 Å². The first-order valence-corrected chi connectivity index (χ1v) is 17.8. The van der Waals surface area contributed by atoms with Gasteiger partial charge in [0.1, 0.15) is 0 Å². The van der Waals surface area contributed by atoms with Crippen LogP contribution in [0.3, 0.4) is 0 Å². The molecule has 250 valence electrons. The van der Waals surface area contributed by atoms with Crippen molar-refractivity contribution < 1.29 is 0 Å². The Bertz CT molecular complexity index is 2490. The molecule has 0 spiro atoms. The van der Waals surface area contributed by atoms with Crippen LogP contribution in [0.25, 0.3) is 60.1 Å². The number of allylic oxidation sites excluding steroid dienone is 17. The van der Waals surface area contributed by atoms with Crippen LogP contribution in [0.15, 0.2) is 175 Å². The van der Waals surface area contributed by atoms with Crippen molar-refractivity contribution in [3.8, 4) is 0 Å². The van der Waals surface area contributed by atoms with E-state index in [4.69, 9.17) is 0 Å². The lowest BCUT2D eigenvalue weighted by Gasteiger charge is -2.15. The predicted molar refractivity (Wildman–Crippen MR) is 223 cm³/mol. The third-order valence-corrected chi connectivity index (χ3v) is 9.55. The molecule has 0 fully saturated rings. The molecule has 2 heterocycles. The van der Waals surface area contributed by atoms with Crippen molar-refractivity contribution in [2.45, 2.75) is 47.5 Å². The monoisotopic (exact) mass is 652 g/mol. The molecule has 0 saturated carbocycles. The minimum absolute atomic E-state index is 0.923. The Morgan fingerprint density at radius 3 is 1.96 bits per heavy atom. The Balaban J connectivity index is 1.75. The second kappa shape index (κ2) is 15.3. The van der Waals surface area contributed by atoms with E-state index < -0.39 is 0 Å². The van der Waals surface area contributed by atoms with E-state index in [0.29, 0.717) is 0 Å². The molecule has 2 heteroatoms. The second-order valence-electron chi connectivity index (χ2n) is 12.9. The van der Waals surface area contributed by atoms with Crippen molar-refractivity contribution in [2.24, 2.45) is 7.05 Å². The quantitative estimate of drug-likeness (QED) is 0.123. The van der Waals surface area contributed by atoms with Gasteiger partial charge in [-0.2, -0.15) is 0 Å². The highest BCUT2D eigenvalue weighted by atomic mass is 15.0. The molecule has 0 unspecified atom stereocenters. The fourth-order valence-electron chi connectivity index (χ4n) is 7.05. The molecular weight excluding hydrogens is 605 g/mol.